The van der Waals surface area contributed by atoms with E-state index in [4.69, 9.17) is 14.5 Å². The highest BCUT2D eigenvalue weighted by Crippen LogP contribution is 2.41. The molecule has 3 N–H and O–H groups in total. The lowest BCUT2D eigenvalue weighted by atomic mass is 9.84. The fourth-order valence-corrected chi connectivity index (χ4v) is 10.3. The summed E-state index contributed by atoms with van der Waals surface area (Å²) in [5.74, 6) is -2.87. The number of likely N-dealkylation sites (N-methyl/N-ethyl adjacent to an activating group) is 1. The lowest BCUT2D eigenvalue weighted by Gasteiger charge is -2.37. The van der Waals surface area contributed by atoms with E-state index in [9.17, 15) is 29.1 Å². The Morgan fingerprint density at radius 1 is 1.06 bits per heavy atom. The first-order valence-corrected chi connectivity index (χ1v) is 24.2. The van der Waals surface area contributed by atoms with Crippen LogP contribution < -0.4 is 10.7 Å². The molecule has 2 aromatic heterocycles. The van der Waals surface area contributed by atoms with E-state index in [1.807, 2.05) is 40.1 Å². The smallest absolute Gasteiger partial charge is 0.324 e. The van der Waals surface area contributed by atoms with Crippen molar-refractivity contribution in [1.82, 2.24) is 40.0 Å². The highest BCUT2D eigenvalue weighted by atomic mass is 16.5. The Labute approximate surface area is 406 Å². The van der Waals surface area contributed by atoms with Crippen LogP contribution in [0.1, 0.15) is 76.4 Å². The number of benzene rings is 2. The summed E-state index contributed by atoms with van der Waals surface area (Å²) in [5, 5.41) is 16.8. The van der Waals surface area contributed by atoms with Crippen molar-refractivity contribution in [3.63, 3.8) is 0 Å². The van der Waals surface area contributed by atoms with E-state index in [1.165, 1.54) is 16.0 Å². The number of aromatic nitrogens is 2. The number of ether oxygens (including phenoxy) is 2. The molecule has 1 unspecified atom stereocenters. The molecular weight excluding hydrogens is 877 g/mol. The minimum Gasteiger partial charge on any atom is -0.508 e. The molecule has 4 atom stereocenters. The van der Waals surface area contributed by atoms with Gasteiger partial charge in [0.15, 0.2) is 0 Å². The largest absolute Gasteiger partial charge is 0.508 e. The third-order valence-corrected chi connectivity index (χ3v) is 13.6. The molecule has 7 rings (SSSR count). The van der Waals surface area contributed by atoms with Crippen molar-refractivity contribution in [1.29, 1.82) is 0 Å². The molecule has 4 amide bonds. The predicted molar refractivity (Wildman–Crippen MR) is 264 cm³/mol. The van der Waals surface area contributed by atoms with Gasteiger partial charge in [-0.1, -0.05) is 46.4 Å². The Morgan fingerprint density at radius 3 is 2.52 bits per heavy atom. The number of carbonyl (C=O) groups is 5. The van der Waals surface area contributed by atoms with Crippen LogP contribution >= 0.6 is 0 Å². The number of nitrogens with one attached hydrogen (secondary N) is 2. The van der Waals surface area contributed by atoms with Crippen LogP contribution in [0.15, 0.2) is 61.2 Å². The minimum atomic E-state index is -1.17. The third kappa shape index (κ3) is 11.2. The number of aromatic hydroxyl groups is 1. The second-order valence-corrected chi connectivity index (χ2v) is 20.3. The molecule has 0 saturated carbocycles. The van der Waals surface area contributed by atoms with Gasteiger partial charge in [0.2, 0.25) is 17.7 Å². The Balaban J connectivity index is 1.31. The molecule has 6 bridgehead atoms. The second-order valence-electron chi connectivity index (χ2n) is 20.3. The summed E-state index contributed by atoms with van der Waals surface area (Å²) in [6.07, 6.45) is 3.15. The topological polar surface area (TPSA) is 179 Å². The molecule has 2 saturated heterocycles. The maximum Gasteiger partial charge on any atom is 0.324 e. The SMILES string of the molecule is C=CC(=O)N1CC[C@H](C(=O)N(C)C(C(=O)N[C@H]2Cc3cc(O)cc(c3)-c3ccc4c(c3)c(c(-c3ccc(CN(C)C)nc3COC)n4CC)CC(C)(C)COC(=O)[C@@H]3CCCN(N3)C2=O)C(C)C)C1. The summed E-state index contributed by atoms with van der Waals surface area (Å²) in [7, 11) is 7.28. The van der Waals surface area contributed by atoms with Crippen LogP contribution in [-0.2, 0) is 66.0 Å². The van der Waals surface area contributed by atoms with Crippen LogP contribution in [0, 0.1) is 17.3 Å². The van der Waals surface area contributed by atoms with E-state index in [-0.39, 0.29) is 49.6 Å². The van der Waals surface area contributed by atoms with Crippen LogP contribution in [0.2, 0.25) is 0 Å². The lowest BCUT2D eigenvalue weighted by molar-refractivity contribution is -0.155. The van der Waals surface area contributed by atoms with Gasteiger partial charge in [0.1, 0.15) is 23.9 Å². The standard InChI is InChI=1S/C53H70N8O8/c1-11-46(63)59-21-19-35(28-59)50(65)58(9)47(32(3)4)49(64)55-43-24-33-22-36(25-38(62)23-33)34-15-18-45-40(26-34)41(27-53(5,6)31-69-52(67)42-14-13-20-61(56-42)51(43)66)48(60(45)12-2)39-17-16-37(29-57(7)8)54-44(39)30-68-10/h11,15-18,22-23,25-26,32,35,42-43,47,56,62H,1,12-14,19-21,24,27-31H2,2-10H3,(H,55,64)/t35-,42-,43-,47?/m0/s1. The van der Waals surface area contributed by atoms with E-state index in [0.717, 1.165) is 44.7 Å². The molecule has 0 aliphatic carbocycles. The molecular formula is C53H70N8O8. The van der Waals surface area contributed by atoms with E-state index in [2.05, 4.69) is 71.8 Å². The summed E-state index contributed by atoms with van der Waals surface area (Å²) in [4.78, 5) is 79.7. The summed E-state index contributed by atoms with van der Waals surface area (Å²) >= 11 is 0. The van der Waals surface area contributed by atoms with E-state index < -0.39 is 47.2 Å². The molecule has 4 aromatic rings. The summed E-state index contributed by atoms with van der Waals surface area (Å²) in [5.41, 5.74) is 10.5. The Bertz CT molecular complexity index is 2600. The summed E-state index contributed by atoms with van der Waals surface area (Å²) in [6.45, 7) is 16.2. The van der Waals surface area contributed by atoms with Crippen LogP contribution in [0.3, 0.4) is 0 Å². The van der Waals surface area contributed by atoms with Crippen molar-refractivity contribution in [2.45, 2.75) is 105 Å². The molecule has 69 heavy (non-hydrogen) atoms. The van der Waals surface area contributed by atoms with Gasteiger partial charge in [0, 0.05) is 75.2 Å². The number of likely N-dealkylation sites (tertiary alicyclic amines) is 1. The number of carbonyl (C=O) groups excluding carboxylic acids is 5. The first-order valence-electron chi connectivity index (χ1n) is 24.2. The van der Waals surface area contributed by atoms with Crippen LogP contribution in [-0.4, -0.2) is 137 Å². The molecule has 0 spiro atoms. The molecule has 5 heterocycles. The Morgan fingerprint density at radius 2 is 1.83 bits per heavy atom. The summed E-state index contributed by atoms with van der Waals surface area (Å²) < 4.78 is 14.2. The zero-order valence-electron chi connectivity index (χ0n) is 41.8. The molecule has 2 fully saturated rings. The number of pyridine rings is 1. The quantitative estimate of drug-likeness (QED) is 0.121. The van der Waals surface area contributed by atoms with Crippen LogP contribution in [0.4, 0.5) is 0 Å². The van der Waals surface area contributed by atoms with Gasteiger partial charge in [-0.2, -0.15) is 0 Å². The maximum absolute atomic E-state index is 14.8. The maximum atomic E-state index is 14.8. The first kappa shape index (κ1) is 50.8. The summed E-state index contributed by atoms with van der Waals surface area (Å²) in [6, 6.07) is 12.7. The fraction of sp³-hybridized carbons (Fsp3) is 0.509. The number of phenols is 1. The van der Waals surface area contributed by atoms with Gasteiger partial charge in [-0.25, -0.2) is 5.43 Å². The van der Waals surface area contributed by atoms with Crippen molar-refractivity contribution in [3.05, 3.63) is 83.7 Å². The zero-order chi connectivity index (χ0) is 49.9. The number of nitrogens with zero attached hydrogens (tertiary/aromatic N) is 6. The second kappa shape index (κ2) is 21.3. The number of amides is 4. The van der Waals surface area contributed by atoms with Gasteiger partial charge in [0.05, 0.1) is 36.2 Å². The van der Waals surface area contributed by atoms with Crippen molar-refractivity contribution in [2.24, 2.45) is 17.3 Å². The highest BCUT2D eigenvalue weighted by molar-refractivity contribution is 5.96. The number of hydrogen-bond donors (Lipinski definition) is 3. The molecule has 370 valence electrons. The van der Waals surface area contributed by atoms with Gasteiger partial charge in [-0.3, -0.25) is 34.0 Å². The Kier molecular flexibility index (Phi) is 15.6. The number of esters is 1. The Hall–Kier alpha value is -6.10. The predicted octanol–water partition coefficient (Wildman–Crippen LogP) is 5.47. The van der Waals surface area contributed by atoms with Gasteiger partial charge in [-0.15, -0.1) is 0 Å². The highest BCUT2D eigenvalue weighted by Gasteiger charge is 2.40. The molecule has 3 aliphatic heterocycles. The number of fused-ring (bicyclic) bond motifs is 6. The number of methoxy groups -OCH3 is 1. The number of phenolic OH excluding ortho intramolecular Hbond substituents is 1. The van der Waals surface area contributed by atoms with Crippen molar-refractivity contribution < 1.29 is 38.6 Å². The average molecular weight is 947 g/mol. The van der Waals surface area contributed by atoms with Gasteiger partial charge in [-0.05, 0) is 117 Å². The number of aryl methyl sites for hydroxylation is 1. The third-order valence-electron chi connectivity index (χ3n) is 13.6. The van der Waals surface area contributed by atoms with Crippen LogP contribution in [0.25, 0.3) is 33.3 Å². The molecule has 0 radical (unpaired) electrons. The van der Waals surface area contributed by atoms with Crippen molar-refractivity contribution >= 4 is 40.5 Å². The number of hydrogen-bond acceptors (Lipinski definition) is 11. The van der Waals surface area contributed by atoms with Gasteiger partial charge < -0.3 is 39.2 Å². The zero-order valence-corrected chi connectivity index (χ0v) is 41.8. The number of rotatable bonds is 12. The normalized spacial score (nSPS) is 20.2. The molecule has 2 aromatic carbocycles. The van der Waals surface area contributed by atoms with Crippen LogP contribution in [0.5, 0.6) is 5.75 Å². The molecule has 3 aliphatic rings. The van der Waals surface area contributed by atoms with Gasteiger partial charge >= 0.3 is 5.97 Å². The van der Waals surface area contributed by atoms with E-state index >= 15 is 0 Å². The van der Waals surface area contributed by atoms with Gasteiger partial charge in [0.25, 0.3) is 5.91 Å². The number of cyclic esters (lactones) is 1. The molecule has 16 nitrogen and oxygen atoms in total. The van der Waals surface area contributed by atoms with Crippen molar-refractivity contribution in [3.8, 4) is 28.1 Å². The first-order chi connectivity index (χ1) is 32.8. The fourth-order valence-electron chi connectivity index (χ4n) is 10.3. The van der Waals surface area contributed by atoms with Crippen molar-refractivity contribution in [2.75, 3.05) is 54.5 Å². The number of hydrazine groups is 1. The lowest BCUT2D eigenvalue weighted by Crippen LogP contribution is -2.62. The molecule has 16 heteroatoms. The van der Waals surface area contributed by atoms with E-state index in [0.29, 0.717) is 63.1 Å². The average Bonchev–Trinajstić information content (AvgIpc) is 3.92. The monoisotopic (exact) mass is 947 g/mol. The van der Waals surface area contributed by atoms with E-state index in [1.54, 1.807) is 31.2 Å². The minimum absolute atomic E-state index is 0.0133.